The number of aromatic nitrogens is 1. The van der Waals surface area contributed by atoms with Gasteiger partial charge in [0.1, 0.15) is 16.4 Å². The summed E-state index contributed by atoms with van der Waals surface area (Å²) >= 11 is 6.04. The highest BCUT2D eigenvalue weighted by Gasteiger charge is 2.09. The van der Waals surface area contributed by atoms with Crippen LogP contribution in [0.5, 0.6) is 5.75 Å². The number of hydrogen-bond donors (Lipinski definition) is 1. The lowest BCUT2D eigenvalue weighted by molar-refractivity contribution is 0.419. The number of benzene rings is 1. The Bertz CT molecular complexity index is 540. The van der Waals surface area contributed by atoms with E-state index in [-0.39, 0.29) is 0 Å². The molecule has 0 spiro atoms. The molecule has 0 unspecified atom stereocenters. The van der Waals surface area contributed by atoms with Crippen molar-refractivity contribution in [1.82, 2.24) is 4.98 Å². The van der Waals surface area contributed by atoms with Crippen LogP contribution in [0.4, 0.5) is 0 Å². The standard InChI is InChI=1S/C12H13ClN2O/c1-7-3-4-10(16-2)11-9(7)5-8(6-14)12(13)15-11/h3-5H,6,14H2,1-2H3. The molecule has 0 saturated carbocycles. The number of nitrogens with zero attached hydrogens (tertiary/aromatic N) is 1. The van der Waals surface area contributed by atoms with E-state index in [4.69, 9.17) is 22.1 Å². The highest BCUT2D eigenvalue weighted by Crippen LogP contribution is 2.29. The van der Waals surface area contributed by atoms with Gasteiger partial charge < -0.3 is 10.5 Å². The minimum absolute atomic E-state index is 0.387. The van der Waals surface area contributed by atoms with E-state index in [2.05, 4.69) is 4.98 Å². The third-order valence-electron chi connectivity index (χ3n) is 2.63. The summed E-state index contributed by atoms with van der Waals surface area (Å²) in [6.07, 6.45) is 0. The van der Waals surface area contributed by atoms with E-state index in [1.807, 2.05) is 25.1 Å². The zero-order valence-corrected chi connectivity index (χ0v) is 10.0. The van der Waals surface area contributed by atoms with Crippen molar-refractivity contribution in [1.29, 1.82) is 0 Å². The Morgan fingerprint density at radius 2 is 2.19 bits per heavy atom. The molecule has 84 valence electrons. The van der Waals surface area contributed by atoms with Crippen LogP contribution in [0.1, 0.15) is 11.1 Å². The second-order valence-electron chi connectivity index (χ2n) is 3.62. The fraction of sp³-hybridized carbons (Fsp3) is 0.250. The van der Waals surface area contributed by atoms with Gasteiger partial charge in [0.15, 0.2) is 0 Å². The lowest BCUT2D eigenvalue weighted by Gasteiger charge is -2.09. The van der Waals surface area contributed by atoms with Crippen LogP contribution in [0, 0.1) is 6.92 Å². The van der Waals surface area contributed by atoms with Gasteiger partial charge in [-0.15, -0.1) is 0 Å². The number of fused-ring (bicyclic) bond motifs is 1. The van der Waals surface area contributed by atoms with Gasteiger partial charge in [0.25, 0.3) is 0 Å². The van der Waals surface area contributed by atoms with Crippen molar-refractivity contribution in [3.8, 4) is 5.75 Å². The molecule has 2 N–H and O–H groups in total. The van der Waals surface area contributed by atoms with E-state index in [0.29, 0.717) is 11.7 Å². The van der Waals surface area contributed by atoms with Crippen LogP contribution in [0.3, 0.4) is 0 Å². The number of ether oxygens (including phenoxy) is 1. The lowest BCUT2D eigenvalue weighted by Crippen LogP contribution is -2.00. The summed E-state index contributed by atoms with van der Waals surface area (Å²) in [5.74, 6) is 0.728. The predicted octanol–water partition coefficient (Wildman–Crippen LogP) is 2.66. The number of hydrogen-bond acceptors (Lipinski definition) is 3. The maximum absolute atomic E-state index is 6.04. The highest BCUT2D eigenvalue weighted by atomic mass is 35.5. The van der Waals surface area contributed by atoms with Crippen molar-refractivity contribution in [2.24, 2.45) is 5.73 Å². The highest BCUT2D eigenvalue weighted by molar-refractivity contribution is 6.30. The van der Waals surface area contributed by atoms with Gasteiger partial charge in [0.05, 0.1) is 7.11 Å². The van der Waals surface area contributed by atoms with Gasteiger partial charge in [-0.25, -0.2) is 4.98 Å². The van der Waals surface area contributed by atoms with E-state index in [0.717, 1.165) is 27.8 Å². The monoisotopic (exact) mass is 236 g/mol. The van der Waals surface area contributed by atoms with Crippen LogP contribution in [0.2, 0.25) is 5.15 Å². The molecular weight excluding hydrogens is 224 g/mol. The van der Waals surface area contributed by atoms with E-state index >= 15 is 0 Å². The first-order valence-electron chi connectivity index (χ1n) is 5.00. The van der Waals surface area contributed by atoms with Crippen molar-refractivity contribution >= 4 is 22.5 Å². The molecule has 3 nitrogen and oxygen atoms in total. The van der Waals surface area contributed by atoms with Gasteiger partial charge in [0.2, 0.25) is 0 Å². The molecule has 0 saturated heterocycles. The van der Waals surface area contributed by atoms with Crippen LogP contribution in [-0.4, -0.2) is 12.1 Å². The van der Waals surface area contributed by atoms with E-state index in [1.54, 1.807) is 7.11 Å². The van der Waals surface area contributed by atoms with Gasteiger partial charge >= 0.3 is 0 Å². The second-order valence-corrected chi connectivity index (χ2v) is 3.98. The van der Waals surface area contributed by atoms with Gasteiger partial charge in [-0.3, -0.25) is 0 Å². The van der Waals surface area contributed by atoms with Gasteiger partial charge in [-0.2, -0.15) is 0 Å². The summed E-state index contributed by atoms with van der Waals surface area (Å²) in [5, 5.41) is 1.48. The molecule has 4 heteroatoms. The maximum Gasteiger partial charge on any atom is 0.145 e. The first-order chi connectivity index (χ1) is 7.67. The predicted molar refractivity (Wildman–Crippen MR) is 65.9 cm³/mol. The summed E-state index contributed by atoms with van der Waals surface area (Å²) in [7, 11) is 1.62. The molecule has 1 aromatic carbocycles. The number of nitrogens with two attached hydrogens (primary N) is 1. The topological polar surface area (TPSA) is 48.1 Å². The first-order valence-corrected chi connectivity index (χ1v) is 5.38. The average molecular weight is 237 g/mol. The number of aryl methyl sites for hydroxylation is 1. The van der Waals surface area contributed by atoms with Crippen LogP contribution >= 0.6 is 11.6 Å². The lowest BCUT2D eigenvalue weighted by atomic mass is 10.1. The molecule has 1 aromatic heterocycles. The molecule has 0 amide bonds. The van der Waals surface area contributed by atoms with Gasteiger partial charge in [-0.1, -0.05) is 17.7 Å². The Hall–Kier alpha value is -1.32. The zero-order valence-electron chi connectivity index (χ0n) is 9.25. The number of halogens is 1. The van der Waals surface area contributed by atoms with Crippen molar-refractivity contribution in [3.63, 3.8) is 0 Å². The van der Waals surface area contributed by atoms with E-state index in [9.17, 15) is 0 Å². The van der Waals surface area contributed by atoms with E-state index in [1.165, 1.54) is 0 Å². The fourth-order valence-corrected chi connectivity index (χ4v) is 1.91. The number of pyridine rings is 1. The van der Waals surface area contributed by atoms with Crippen LogP contribution < -0.4 is 10.5 Å². The molecule has 0 aliphatic heterocycles. The molecule has 0 fully saturated rings. The van der Waals surface area contributed by atoms with Crippen LogP contribution in [0.25, 0.3) is 10.9 Å². The van der Waals surface area contributed by atoms with Crippen molar-refractivity contribution in [2.45, 2.75) is 13.5 Å². The number of methoxy groups -OCH3 is 1. The molecule has 1 heterocycles. The zero-order chi connectivity index (χ0) is 11.7. The molecule has 0 radical (unpaired) electrons. The molecule has 0 atom stereocenters. The Morgan fingerprint density at radius 3 is 2.81 bits per heavy atom. The quantitative estimate of drug-likeness (QED) is 0.816. The third-order valence-corrected chi connectivity index (χ3v) is 2.96. The SMILES string of the molecule is COc1ccc(C)c2cc(CN)c(Cl)nc12. The summed E-state index contributed by atoms with van der Waals surface area (Å²) in [6, 6.07) is 5.86. The molecule has 2 rings (SSSR count). The average Bonchev–Trinajstić information content (AvgIpc) is 2.29. The minimum Gasteiger partial charge on any atom is -0.494 e. The molecule has 0 bridgehead atoms. The maximum atomic E-state index is 6.04. The van der Waals surface area contributed by atoms with E-state index < -0.39 is 0 Å². The fourth-order valence-electron chi connectivity index (χ4n) is 1.70. The Morgan fingerprint density at radius 1 is 1.44 bits per heavy atom. The van der Waals surface area contributed by atoms with Crippen molar-refractivity contribution in [2.75, 3.05) is 7.11 Å². The normalized spacial score (nSPS) is 10.8. The smallest absolute Gasteiger partial charge is 0.145 e. The first kappa shape index (κ1) is 11.2. The summed E-state index contributed by atoms with van der Waals surface area (Å²) < 4.78 is 5.26. The summed E-state index contributed by atoms with van der Waals surface area (Å²) in [4.78, 5) is 4.34. The largest absolute Gasteiger partial charge is 0.494 e. The Labute approximate surface area is 99.2 Å². The third kappa shape index (κ3) is 1.72. The van der Waals surface area contributed by atoms with Gasteiger partial charge in [0, 0.05) is 17.5 Å². The van der Waals surface area contributed by atoms with Crippen molar-refractivity contribution in [3.05, 3.63) is 34.5 Å². The van der Waals surface area contributed by atoms with Gasteiger partial charge in [-0.05, 0) is 24.6 Å². The van der Waals surface area contributed by atoms with Crippen LogP contribution in [-0.2, 0) is 6.54 Å². The molecule has 0 aliphatic carbocycles. The Balaban J connectivity index is 2.82. The molecule has 0 aliphatic rings. The summed E-state index contributed by atoms with van der Waals surface area (Å²) in [6.45, 7) is 2.41. The minimum atomic E-state index is 0.387. The second kappa shape index (κ2) is 4.28. The molecule has 16 heavy (non-hydrogen) atoms. The van der Waals surface area contributed by atoms with Crippen LogP contribution in [0.15, 0.2) is 18.2 Å². The Kier molecular flexibility index (Phi) is 2.99. The summed E-state index contributed by atoms with van der Waals surface area (Å²) in [5.41, 5.74) is 8.38. The van der Waals surface area contributed by atoms with Crippen molar-refractivity contribution < 1.29 is 4.74 Å². The molecular formula is C12H13ClN2O. The molecule has 2 aromatic rings. The number of rotatable bonds is 2.